The molecule has 1 aromatic carbocycles. The molecule has 2 fully saturated rings. The van der Waals surface area contributed by atoms with Gasteiger partial charge in [-0.1, -0.05) is 11.6 Å². The van der Waals surface area contributed by atoms with Crippen LogP contribution >= 0.6 is 11.6 Å². The van der Waals surface area contributed by atoms with E-state index in [1.54, 1.807) is 12.1 Å². The Balaban J connectivity index is 1.72. The molecule has 4 rings (SSSR count). The molecule has 0 radical (unpaired) electrons. The topological polar surface area (TPSA) is 79.3 Å². The summed E-state index contributed by atoms with van der Waals surface area (Å²) in [4.78, 5) is 27.5. The van der Waals surface area contributed by atoms with Crippen LogP contribution in [0.15, 0.2) is 12.1 Å². The molecule has 0 aromatic heterocycles. The minimum Gasteiger partial charge on any atom is -0.490 e. The number of fused-ring (bicyclic) bond motifs is 2. The van der Waals surface area contributed by atoms with Crippen molar-refractivity contribution in [3.05, 3.63) is 17.2 Å². The number of benzene rings is 1. The molecule has 3 heterocycles. The summed E-state index contributed by atoms with van der Waals surface area (Å²) in [6.07, 6.45) is 0.342. The smallest absolute Gasteiger partial charge is 0.332 e. The molecular weight excluding hydrogens is 324 g/mol. The van der Waals surface area contributed by atoms with E-state index in [0.29, 0.717) is 24.7 Å². The van der Waals surface area contributed by atoms with Crippen LogP contribution in [-0.2, 0) is 4.79 Å². The summed E-state index contributed by atoms with van der Waals surface area (Å²) in [6, 6.07) is 2.05. The maximum Gasteiger partial charge on any atom is 0.332 e. The Bertz CT molecular complexity index is 671. The molecule has 2 saturated heterocycles. The molecule has 122 valence electrons. The zero-order valence-electron chi connectivity index (χ0n) is 12.2. The third-order valence-electron chi connectivity index (χ3n) is 4.28. The van der Waals surface area contributed by atoms with E-state index in [4.69, 9.17) is 21.1 Å². The van der Waals surface area contributed by atoms with Gasteiger partial charge in [-0.25, -0.2) is 9.69 Å². The van der Waals surface area contributed by atoms with Gasteiger partial charge in [0.2, 0.25) is 0 Å². The summed E-state index contributed by atoms with van der Waals surface area (Å²) >= 11 is 6.26. The van der Waals surface area contributed by atoms with Gasteiger partial charge in [0.25, 0.3) is 5.91 Å². The zero-order valence-corrected chi connectivity index (χ0v) is 13.0. The van der Waals surface area contributed by atoms with E-state index in [1.165, 1.54) is 4.90 Å². The number of nitrogens with zero attached hydrogens (tertiary/aromatic N) is 2. The largest absolute Gasteiger partial charge is 0.490 e. The number of aliphatic hydroxyl groups is 1. The highest BCUT2D eigenvalue weighted by atomic mass is 35.5. The summed E-state index contributed by atoms with van der Waals surface area (Å²) in [5, 5.41) is 9.89. The second-order valence-electron chi connectivity index (χ2n) is 5.81. The number of anilines is 1. The number of hydrogen-bond donors (Lipinski definition) is 1. The summed E-state index contributed by atoms with van der Waals surface area (Å²) < 4.78 is 11.1. The summed E-state index contributed by atoms with van der Waals surface area (Å²) in [5.74, 6) is 0.601. The summed E-state index contributed by atoms with van der Waals surface area (Å²) in [5.41, 5.74) is 0.287. The van der Waals surface area contributed by atoms with Crippen LogP contribution in [0, 0.1) is 0 Å². The van der Waals surface area contributed by atoms with Gasteiger partial charge in [0.05, 0.1) is 30.0 Å². The van der Waals surface area contributed by atoms with Crippen LogP contribution in [-0.4, -0.2) is 53.8 Å². The van der Waals surface area contributed by atoms with Crippen LogP contribution < -0.4 is 14.4 Å². The van der Waals surface area contributed by atoms with E-state index in [-0.39, 0.29) is 29.6 Å². The Morgan fingerprint density at radius 2 is 1.87 bits per heavy atom. The first-order chi connectivity index (χ1) is 11.1. The number of ether oxygens (including phenoxy) is 2. The second kappa shape index (κ2) is 5.28. The quantitative estimate of drug-likeness (QED) is 0.783. The molecule has 1 aromatic rings. The van der Waals surface area contributed by atoms with Crippen LogP contribution in [0.5, 0.6) is 11.5 Å². The SMILES string of the molecule is O=C1[C@@H]2C[C@@H](O)CN2C(=O)N1c1cc2c(cc1Cl)OCCCO2. The molecule has 0 aliphatic carbocycles. The molecule has 0 saturated carbocycles. The molecule has 3 amide bonds. The maximum absolute atomic E-state index is 12.6. The molecule has 0 bridgehead atoms. The van der Waals surface area contributed by atoms with Crippen molar-refractivity contribution in [1.82, 2.24) is 4.90 Å². The number of aliphatic hydroxyl groups excluding tert-OH is 1. The molecule has 1 N–H and O–H groups in total. The Hall–Kier alpha value is -1.99. The highest BCUT2D eigenvalue weighted by Gasteiger charge is 2.51. The van der Waals surface area contributed by atoms with Crippen molar-refractivity contribution in [2.45, 2.75) is 25.0 Å². The van der Waals surface area contributed by atoms with Gasteiger partial charge >= 0.3 is 6.03 Å². The number of carbonyl (C=O) groups excluding carboxylic acids is 2. The molecule has 0 spiro atoms. The first kappa shape index (κ1) is 14.6. The van der Waals surface area contributed by atoms with Crippen molar-refractivity contribution in [3.8, 4) is 11.5 Å². The van der Waals surface area contributed by atoms with E-state index >= 15 is 0 Å². The van der Waals surface area contributed by atoms with E-state index in [9.17, 15) is 14.7 Å². The Kier molecular flexibility index (Phi) is 3.35. The number of hydrogen-bond acceptors (Lipinski definition) is 5. The van der Waals surface area contributed by atoms with Gasteiger partial charge in [-0.15, -0.1) is 0 Å². The van der Waals surface area contributed by atoms with Crippen LogP contribution in [0.25, 0.3) is 0 Å². The average molecular weight is 339 g/mol. The van der Waals surface area contributed by atoms with Crippen LogP contribution in [0.4, 0.5) is 10.5 Å². The molecule has 3 aliphatic heterocycles. The minimum absolute atomic E-state index is 0.161. The second-order valence-corrected chi connectivity index (χ2v) is 6.22. The van der Waals surface area contributed by atoms with Crippen LogP contribution in [0.1, 0.15) is 12.8 Å². The fourth-order valence-electron chi connectivity index (χ4n) is 3.20. The Morgan fingerprint density at radius 1 is 1.17 bits per heavy atom. The lowest BCUT2D eigenvalue weighted by atomic mass is 10.2. The van der Waals surface area contributed by atoms with Gasteiger partial charge in [-0.05, 0) is 0 Å². The number of amides is 3. The lowest BCUT2D eigenvalue weighted by molar-refractivity contribution is -0.119. The maximum atomic E-state index is 12.6. The van der Waals surface area contributed by atoms with Crippen LogP contribution in [0.2, 0.25) is 5.02 Å². The van der Waals surface area contributed by atoms with Gasteiger partial charge in [-0.2, -0.15) is 0 Å². The number of urea groups is 1. The highest BCUT2D eigenvalue weighted by molar-refractivity contribution is 6.36. The van der Waals surface area contributed by atoms with Crippen molar-refractivity contribution < 1.29 is 24.2 Å². The zero-order chi connectivity index (χ0) is 16.1. The predicted molar refractivity (Wildman–Crippen MR) is 81.1 cm³/mol. The highest BCUT2D eigenvalue weighted by Crippen LogP contribution is 2.42. The van der Waals surface area contributed by atoms with Gasteiger partial charge in [0.15, 0.2) is 11.5 Å². The fraction of sp³-hybridized carbons (Fsp3) is 0.467. The molecule has 8 heteroatoms. The van der Waals surface area contributed by atoms with Crippen LogP contribution in [0.3, 0.4) is 0 Å². The van der Waals surface area contributed by atoms with Gasteiger partial charge in [0.1, 0.15) is 6.04 Å². The molecule has 23 heavy (non-hydrogen) atoms. The lowest BCUT2D eigenvalue weighted by Crippen LogP contribution is -2.35. The summed E-state index contributed by atoms with van der Waals surface area (Å²) in [7, 11) is 0. The minimum atomic E-state index is -0.658. The monoisotopic (exact) mass is 338 g/mol. The Labute approximate surface area is 137 Å². The molecule has 7 nitrogen and oxygen atoms in total. The fourth-order valence-corrected chi connectivity index (χ4v) is 3.44. The number of rotatable bonds is 1. The first-order valence-electron chi connectivity index (χ1n) is 7.48. The van der Waals surface area contributed by atoms with Crippen molar-refractivity contribution in [2.24, 2.45) is 0 Å². The predicted octanol–water partition coefficient (Wildman–Crippen LogP) is 1.40. The lowest BCUT2D eigenvalue weighted by Gasteiger charge is -2.19. The van der Waals surface area contributed by atoms with Crippen molar-refractivity contribution >= 4 is 29.2 Å². The van der Waals surface area contributed by atoms with Crippen molar-refractivity contribution in [2.75, 3.05) is 24.7 Å². The van der Waals surface area contributed by atoms with Gasteiger partial charge in [-0.3, -0.25) is 4.79 Å². The standard InChI is InChI=1S/C15H15ClN2O5/c16-9-5-12-13(23-3-1-2-22-12)6-10(9)18-14(20)11-4-8(19)7-17(11)15(18)21/h5-6,8,11,19H,1-4,7H2/t8-,11+/m1/s1. The third kappa shape index (κ3) is 2.22. The number of carbonyl (C=O) groups is 2. The normalized spacial score (nSPS) is 26.5. The Morgan fingerprint density at radius 3 is 2.57 bits per heavy atom. The summed E-state index contributed by atoms with van der Waals surface area (Å²) in [6.45, 7) is 1.18. The van der Waals surface area contributed by atoms with Gasteiger partial charge < -0.3 is 19.5 Å². The van der Waals surface area contributed by atoms with Crippen molar-refractivity contribution in [1.29, 1.82) is 0 Å². The first-order valence-corrected chi connectivity index (χ1v) is 7.86. The molecule has 3 aliphatic rings. The van der Waals surface area contributed by atoms with E-state index < -0.39 is 18.2 Å². The number of imide groups is 1. The molecular formula is C15H15ClN2O5. The van der Waals surface area contributed by atoms with E-state index in [2.05, 4.69) is 0 Å². The van der Waals surface area contributed by atoms with Crippen molar-refractivity contribution in [3.63, 3.8) is 0 Å². The number of halogens is 1. The molecule has 2 atom stereocenters. The third-order valence-corrected chi connectivity index (χ3v) is 4.58. The van der Waals surface area contributed by atoms with E-state index in [1.807, 2.05) is 0 Å². The molecule has 0 unspecified atom stereocenters. The average Bonchev–Trinajstić information content (AvgIpc) is 2.88. The van der Waals surface area contributed by atoms with Gasteiger partial charge in [0, 0.05) is 31.5 Å². The van der Waals surface area contributed by atoms with E-state index in [0.717, 1.165) is 11.3 Å².